The van der Waals surface area contributed by atoms with Crippen molar-refractivity contribution in [3.63, 3.8) is 0 Å². The molecule has 0 radical (unpaired) electrons. The first-order valence-electron chi connectivity index (χ1n) is 9.93. The zero-order chi connectivity index (χ0) is 19.3. The largest absolute Gasteiger partial charge is 0.415 e. The molecule has 0 aliphatic heterocycles. The quantitative estimate of drug-likeness (QED) is 0.559. The molecule has 2 aromatic rings. The number of nitrogens with one attached hydrogen (secondary N) is 1. The Labute approximate surface area is 173 Å². The number of halogens is 1. The van der Waals surface area contributed by atoms with E-state index in [2.05, 4.69) is 20.5 Å². The minimum Gasteiger partial charge on any atom is -0.415 e. The van der Waals surface area contributed by atoms with E-state index in [0.717, 1.165) is 23.6 Å². The maximum Gasteiger partial charge on any atom is 0.277 e. The molecule has 0 saturated heterocycles. The maximum absolute atomic E-state index is 12.5. The van der Waals surface area contributed by atoms with Gasteiger partial charge in [-0.15, -0.1) is 10.2 Å². The first-order valence-corrected chi connectivity index (χ1v) is 11.2. The predicted molar refractivity (Wildman–Crippen MR) is 107 cm³/mol. The minimum absolute atomic E-state index is 0.0787. The van der Waals surface area contributed by atoms with E-state index in [0.29, 0.717) is 10.9 Å². The standard InChI is InChI=1S/C20H23ClN4O2S/c1-11(17(26)23-15-3-2-4-22-16(15)21)28-19-25-24-18(27-19)20-8-12-5-13(9-20)7-14(6-12)10-20/h2-4,11-14H,5-10H2,1H3,(H,23,26)/t11-,12?,13?,14?,20?/m1/s1. The first kappa shape index (κ1) is 18.4. The lowest BCUT2D eigenvalue weighted by molar-refractivity contribution is -0.115. The van der Waals surface area contributed by atoms with E-state index in [9.17, 15) is 4.79 Å². The summed E-state index contributed by atoms with van der Waals surface area (Å²) in [5.74, 6) is 3.08. The van der Waals surface area contributed by atoms with Crippen molar-refractivity contribution in [2.45, 2.75) is 61.3 Å². The molecular formula is C20H23ClN4O2S. The van der Waals surface area contributed by atoms with Gasteiger partial charge in [0.05, 0.1) is 10.9 Å². The highest BCUT2D eigenvalue weighted by Crippen LogP contribution is 2.60. The fourth-order valence-corrected chi connectivity index (χ4v) is 6.61. The third-order valence-corrected chi connectivity index (χ3v) is 7.80. The van der Waals surface area contributed by atoms with Crippen LogP contribution in [0.25, 0.3) is 0 Å². The Morgan fingerprint density at radius 2 is 1.93 bits per heavy atom. The van der Waals surface area contributed by atoms with Crippen molar-refractivity contribution in [3.8, 4) is 0 Å². The van der Waals surface area contributed by atoms with Crippen molar-refractivity contribution in [2.24, 2.45) is 17.8 Å². The van der Waals surface area contributed by atoms with Gasteiger partial charge in [0.2, 0.25) is 11.8 Å². The number of anilines is 1. The van der Waals surface area contributed by atoms with Crippen LogP contribution in [0.1, 0.15) is 51.3 Å². The topological polar surface area (TPSA) is 80.9 Å². The van der Waals surface area contributed by atoms with E-state index in [4.69, 9.17) is 16.0 Å². The Kier molecular flexibility index (Phi) is 4.62. The maximum atomic E-state index is 12.5. The van der Waals surface area contributed by atoms with Gasteiger partial charge < -0.3 is 9.73 Å². The van der Waals surface area contributed by atoms with Crippen LogP contribution >= 0.6 is 23.4 Å². The Hall–Kier alpha value is -1.60. The second kappa shape index (κ2) is 7.02. The number of thioether (sulfide) groups is 1. The number of carbonyl (C=O) groups excluding carboxylic acids is 1. The van der Waals surface area contributed by atoms with Gasteiger partial charge in [-0.1, -0.05) is 23.4 Å². The van der Waals surface area contributed by atoms with Crippen molar-refractivity contribution in [3.05, 3.63) is 29.4 Å². The van der Waals surface area contributed by atoms with Gasteiger partial charge in [-0.3, -0.25) is 4.79 Å². The number of carbonyl (C=O) groups is 1. The van der Waals surface area contributed by atoms with Gasteiger partial charge >= 0.3 is 0 Å². The molecule has 6 rings (SSSR count). The Morgan fingerprint density at radius 1 is 1.25 bits per heavy atom. The number of nitrogens with zero attached hydrogens (tertiary/aromatic N) is 3. The van der Waals surface area contributed by atoms with Gasteiger partial charge in [-0.2, -0.15) is 0 Å². The highest BCUT2D eigenvalue weighted by Gasteiger charge is 2.54. The molecule has 4 bridgehead atoms. The number of pyridine rings is 1. The summed E-state index contributed by atoms with van der Waals surface area (Å²) in [5.41, 5.74) is 0.580. The summed E-state index contributed by atoms with van der Waals surface area (Å²) >= 11 is 7.30. The lowest BCUT2D eigenvalue weighted by Gasteiger charge is -2.55. The molecule has 6 nitrogen and oxygen atoms in total. The summed E-state index contributed by atoms with van der Waals surface area (Å²) in [5, 5.41) is 11.8. The molecular weight excluding hydrogens is 396 g/mol. The average Bonchev–Trinajstić information content (AvgIpc) is 3.12. The highest BCUT2D eigenvalue weighted by atomic mass is 35.5. The Morgan fingerprint density at radius 3 is 2.57 bits per heavy atom. The Bertz CT molecular complexity index is 867. The second-order valence-corrected chi connectivity index (χ2v) is 10.3. The van der Waals surface area contributed by atoms with E-state index < -0.39 is 0 Å². The van der Waals surface area contributed by atoms with Gasteiger partial charge in [0, 0.05) is 11.6 Å². The smallest absolute Gasteiger partial charge is 0.277 e. The summed E-state index contributed by atoms with van der Waals surface area (Å²) in [4.78, 5) is 16.5. The van der Waals surface area contributed by atoms with Crippen molar-refractivity contribution >= 4 is 35.0 Å². The normalized spacial score (nSPS) is 31.7. The predicted octanol–water partition coefficient (Wildman–Crippen LogP) is 4.71. The SMILES string of the molecule is C[C@@H](Sc1nnc(C23CC4CC(CC(C4)C2)C3)o1)C(=O)Nc1cccnc1Cl. The van der Waals surface area contributed by atoms with Gasteiger partial charge in [0.15, 0.2) is 5.15 Å². The minimum atomic E-state index is -0.388. The van der Waals surface area contributed by atoms with Gasteiger partial charge in [-0.25, -0.2) is 4.98 Å². The van der Waals surface area contributed by atoms with Crippen molar-refractivity contribution < 1.29 is 9.21 Å². The first-order chi connectivity index (χ1) is 13.5. The van der Waals surface area contributed by atoms with Crippen LogP contribution in [-0.4, -0.2) is 26.3 Å². The zero-order valence-electron chi connectivity index (χ0n) is 15.7. The number of rotatable bonds is 5. The molecule has 4 aliphatic rings. The molecule has 0 spiro atoms. The molecule has 1 N–H and O–H groups in total. The third-order valence-electron chi connectivity index (χ3n) is 6.56. The van der Waals surface area contributed by atoms with Crippen LogP contribution in [0, 0.1) is 17.8 Å². The van der Waals surface area contributed by atoms with E-state index in [-0.39, 0.29) is 21.7 Å². The van der Waals surface area contributed by atoms with Gasteiger partial charge in [-0.05, 0) is 75.3 Å². The van der Waals surface area contributed by atoms with E-state index in [1.807, 2.05) is 6.92 Å². The number of hydrogen-bond donors (Lipinski definition) is 1. The fraction of sp³-hybridized carbons (Fsp3) is 0.600. The fourth-order valence-electron chi connectivity index (χ4n) is 5.76. The van der Waals surface area contributed by atoms with E-state index in [1.165, 1.54) is 50.3 Å². The summed E-state index contributed by atoms with van der Waals surface area (Å²) in [7, 11) is 0. The van der Waals surface area contributed by atoms with Crippen LogP contribution in [0.3, 0.4) is 0 Å². The van der Waals surface area contributed by atoms with Crippen molar-refractivity contribution in [1.82, 2.24) is 15.2 Å². The number of amides is 1. The van der Waals surface area contributed by atoms with Gasteiger partial charge in [0.1, 0.15) is 0 Å². The van der Waals surface area contributed by atoms with Crippen LogP contribution in [0.4, 0.5) is 5.69 Å². The van der Waals surface area contributed by atoms with Crippen LogP contribution in [-0.2, 0) is 10.2 Å². The highest BCUT2D eigenvalue weighted by molar-refractivity contribution is 8.00. The molecule has 8 heteroatoms. The molecule has 4 aliphatic carbocycles. The zero-order valence-corrected chi connectivity index (χ0v) is 17.3. The summed E-state index contributed by atoms with van der Waals surface area (Å²) < 4.78 is 6.09. The van der Waals surface area contributed by atoms with Crippen molar-refractivity contribution in [1.29, 1.82) is 0 Å². The molecule has 2 heterocycles. The lowest BCUT2D eigenvalue weighted by Crippen LogP contribution is -2.48. The molecule has 1 amide bonds. The molecule has 148 valence electrons. The Balaban J connectivity index is 1.27. The van der Waals surface area contributed by atoms with Crippen LogP contribution in [0.15, 0.2) is 28.0 Å². The molecule has 28 heavy (non-hydrogen) atoms. The summed E-state index contributed by atoms with van der Waals surface area (Å²) in [6.45, 7) is 1.82. The summed E-state index contributed by atoms with van der Waals surface area (Å²) in [6, 6.07) is 3.46. The monoisotopic (exact) mass is 418 g/mol. The van der Waals surface area contributed by atoms with E-state index in [1.54, 1.807) is 18.3 Å². The molecule has 1 atom stereocenters. The summed E-state index contributed by atoms with van der Waals surface area (Å²) in [6.07, 6.45) is 9.26. The molecule has 4 saturated carbocycles. The van der Waals surface area contributed by atoms with Crippen LogP contribution in [0.5, 0.6) is 0 Å². The number of aromatic nitrogens is 3. The number of hydrogen-bond acceptors (Lipinski definition) is 6. The van der Waals surface area contributed by atoms with Crippen LogP contribution in [0.2, 0.25) is 5.15 Å². The molecule has 0 unspecified atom stereocenters. The second-order valence-electron chi connectivity index (χ2n) is 8.66. The third kappa shape index (κ3) is 3.32. The molecule has 2 aromatic heterocycles. The van der Waals surface area contributed by atoms with E-state index >= 15 is 0 Å². The molecule has 0 aromatic carbocycles. The lowest BCUT2D eigenvalue weighted by atomic mass is 9.49. The molecule has 4 fully saturated rings. The van der Waals surface area contributed by atoms with Crippen LogP contribution < -0.4 is 5.32 Å². The van der Waals surface area contributed by atoms with Gasteiger partial charge in [0.25, 0.3) is 5.22 Å². The average molecular weight is 419 g/mol. The van der Waals surface area contributed by atoms with Crippen molar-refractivity contribution in [2.75, 3.05) is 5.32 Å².